The van der Waals surface area contributed by atoms with Gasteiger partial charge in [0.15, 0.2) is 0 Å². The highest BCUT2D eigenvalue weighted by Crippen LogP contribution is 2.40. The molecule has 0 aliphatic carbocycles. The first-order valence-electron chi connectivity index (χ1n) is 13.5. The molecule has 0 fully saturated rings. The highest BCUT2D eigenvalue weighted by atomic mass is 35.5. The van der Waals surface area contributed by atoms with Crippen LogP contribution in [0.2, 0.25) is 5.02 Å². The lowest BCUT2D eigenvalue weighted by Crippen LogP contribution is -2.07. The normalized spacial score (nSPS) is 14.1. The second-order valence-electron chi connectivity index (χ2n) is 9.60. The number of nitrogens with one attached hydrogen (secondary N) is 3. The lowest BCUT2D eigenvalue weighted by molar-refractivity contribution is 0.415. The number of benzene rings is 4. The molecule has 0 radical (unpaired) electrons. The third-order valence-electron chi connectivity index (χ3n) is 6.71. The van der Waals surface area contributed by atoms with Crippen LogP contribution in [0.1, 0.15) is 22.8 Å². The number of aromatic nitrogens is 3. The zero-order valence-corrected chi connectivity index (χ0v) is 25.0. The maximum absolute atomic E-state index is 6.06. The molecular weight excluding hydrogens is 582 g/mol. The zero-order chi connectivity index (χ0) is 29.6. The number of anilines is 6. The van der Waals surface area contributed by atoms with Crippen LogP contribution in [0.15, 0.2) is 101 Å². The average molecular weight is 610 g/mol. The number of ether oxygens (including phenoxy) is 2. The fraction of sp³-hybridized carbons (Fsp3) is 0.125. The minimum absolute atomic E-state index is 0.281. The van der Waals surface area contributed by atoms with E-state index in [1.807, 2.05) is 72.8 Å². The van der Waals surface area contributed by atoms with Crippen LogP contribution < -0.4 is 25.4 Å². The molecule has 11 heteroatoms. The summed E-state index contributed by atoms with van der Waals surface area (Å²) in [7, 11) is 3.27. The van der Waals surface area contributed by atoms with Crippen molar-refractivity contribution < 1.29 is 9.47 Å². The van der Waals surface area contributed by atoms with E-state index in [1.165, 1.54) is 5.56 Å². The first kappa shape index (κ1) is 28.3. The maximum atomic E-state index is 6.06. The van der Waals surface area contributed by atoms with Gasteiger partial charge < -0.3 is 25.4 Å². The minimum atomic E-state index is 0.281. The van der Waals surface area contributed by atoms with Crippen molar-refractivity contribution in [3.05, 3.63) is 113 Å². The van der Waals surface area contributed by atoms with Crippen LogP contribution in [0.4, 0.5) is 34.9 Å². The number of nitrogens with zero attached hydrogens (tertiary/aromatic N) is 4. The average Bonchev–Trinajstić information content (AvgIpc) is 3.53. The molecular formula is C32H28ClN7O2S. The summed E-state index contributed by atoms with van der Waals surface area (Å²) in [6, 6.07) is 31.1. The molecule has 3 N–H and O–H groups in total. The molecule has 1 aliphatic rings. The summed E-state index contributed by atoms with van der Waals surface area (Å²) in [4.78, 5) is 13.8. The molecule has 0 spiro atoms. The Hall–Kier alpha value is -4.80. The minimum Gasteiger partial charge on any atom is -0.497 e. The van der Waals surface area contributed by atoms with E-state index in [-0.39, 0.29) is 5.25 Å². The maximum Gasteiger partial charge on any atom is 0.233 e. The predicted octanol–water partition coefficient (Wildman–Crippen LogP) is 8.36. The predicted molar refractivity (Wildman–Crippen MR) is 175 cm³/mol. The number of hydrogen-bond donors (Lipinski definition) is 3. The van der Waals surface area contributed by atoms with Crippen LogP contribution in [0.25, 0.3) is 0 Å². The van der Waals surface area contributed by atoms with Crippen molar-refractivity contribution >= 4 is 64.2 Å². The lowest BCUT2D eigenvalue weighted by atomic mass is 10.0. The standard InChI is InChI=1S/C32H28ClN7O2S/c1-41-26-15-11-24(12-16-26)35-31-37-30(38-32(39-31)36-25-13-17-27(42-2)18-14-25)34-23-9-5-20(6-10-23)28-19-29(43-40-28)21-3-7-22(33)8-4-21/h3-18,29H,19H2,1-2H3,(H3,34,35,36,37,38,39). The van der Waals surface area contributed by atoms with E-state index in [1.54, 1.807) is 26.2 Å². The monoisotopic (exact) mass is 609 g/mol. The summed E-state index contributed by atoms with van der Waals surface area (Å²) >= 11 is 7.65. The quantitative estimate of drug-likeness (QED) is 0.135. The summed E-state index contributed by atoms with van der Waals surface area (Å²) < 4.78 is 15.3. The van der Waals surface area contributed by atoms with Crippen LogP contribution >= 0.6 is 23.5 Å². The molecule has 1 atom stereocenters. The third-order valence-corrected chi connectivity index (χ3v) is 7.98. The Morgan fingerprint density at radius 3 is 1.51 bits per heavy atom. The summed E-state index contributed by atoms with van der Waals surface area (Å²) in [5.41, 5.74) is 5.82. The Balaban J connectivity index is 1.19. The van der Waals surface area contributed by atoms with Gasteiger partial charge in [-0.3, -0.25) is 0 Å². The van der Waals surface area contributed by atoms with Crippen molar-refractivity contribution in [2.24, 2.45) is 4.40 Å². The van der Waals surface area contributed by atoms with Crippen LogP contribution in [-0.4, -0.2) is 34.9 Å². The van der Waals surface area contributed by atoms with Crippen molar-refractivity contribution in [3.63, 3.8) is 0 Å². The fourth-order valence-corrected chi connectivity index (χ4v) is 5.50. The molecule has 43 heavy (non-hydrogen) atoms. The summed E-state index contributed by atoms with van der Waals surface area (Å²) in [6.45, 7) is 0. The van der Waals surface area contributed by atoms with Crippen LogP contribution in [0.3, 0.4) is 0 Å². The first-order chi connectivity index (χ1) is 21.0. The number of halogens is 1. The van der Waals surface area contributed by atoms with Gasteiger partial charge in [0.05, 0.1) is 25.2 Å². The van der Waals surface area contributed by atoms with Gasteiger partial charge in [-0.1, -0.05) is 35.9 Å². The topological polar surface area (TPSA) is 106 Å². The van der Waals surface area contributed by atoms with Gasteiger partial charge in [0.25, 0.3) is 0 Å². The second kappa shape index (κ2) is 13.0. The molecule has 1 aromatic heterocycles. The SMILES string of the molecule is COc1ccc(Nc2nc(Nc3ccc(OC)cc3)nc(Nc3ccc(C4=NSC(c5ccc(Cl)cc5)C4)cc3)n2)cc1. The highest BCUT2D eigenvalue weighted by molar-refractivity contribution is 7.98. The summed E-state index contributed by atoms with van der Waals surface area (Å²) in [5, 5.41) is 10.8. The molecule has 9 nitrogen and oxygen atoms in total. The van der Waals surface area contributed by atoms with Crippen LogP contribution in [0.5, 0.6) is 11.5 Å². The molecule has 1 aliphatic heterocycles. The first-order valence-corrected chi connectivity index (χ1v) is 14.7. The third kappa shape index (κ3) is 7.17. The number of methoxy groups -OCH3 is 2. The molecule has 4 aromatic carbocycles. The van der Waals surface area contributed by atoms with Crippen molar-refractivity contribution in [2.45, 2.75) is 11.7 Å². The van der Waals surface area contributed by atoms with Gasteiger partial charge >= 0.3 is 0 Å². The van der Waals surface area contributed by atoms with Gasteiger partial charge in [0.1, 0.15) is 11.5 Å². The van der Waals surface area contributed by atoms with Crippen LogP contribution in [0, 0.1) is 0 Å². The molecule has 0 saturated carbocycles. The van der Waals surface area contributed by atoms with Gasteiger partial charge in [-0.2, -0.15) is 15.0 Å². The molecule has 0 amide bonds. The summed E-state index contributed by atoms with van der Waals surface area (Å²) in [5.74, 6) is 2.65. The molecule has 216 valence electrons. The Kier molecular flexibility index (Phi) is 8.57. The fourth-order valence-electron chi connectivity index (χ4n) is 4.43. The molecule has 0 bridgehead atoms. The van der Waals surface area contributed by atoms with Crippen molar-refractivity contribution in [3.8, 4) is 11.5 Å². The van der Waals surface area contributed by atoms with Crippen molar-refractivity contribution in [2.75, 3.05) is 30.2 Å². The molecule has 1 unspecified atom stereocenters. The Labute approximate surface area is 258 Å². The molecule has 5 aromatic rings. The van der Waals surface area contributed by atoms with E-state index in [0.717, 1.165) is 51.3 Å². The van der Waals surface area contributed by atoms with E-state index in [9.17, 15) is 0 Å². The van der Waals surface area contributed by atoms with Crippen LogP contribution in [-0.2, 0) is 0 Å². The van der Waals surface area contributed by atoms with Gasteiger partial charge in [0.2, 0.25) is 17.8 Å². The van der Waals surface area contributed by atoms with Gasteiger partial charge in [-0.05, 0) is 95.9 Å². The zero-order valence-electron chi connectivity index (χ0n) is 23.4. The number of rotatable bonds is 10. The molecule has 6 rings (SSSR count). The highest BCUT2D eigenvalue weighted by Gasteiger charge is 2.22. The Morgan fingerprint density at radius 1 is 0.628 bits per heavy atom. The lowest BCUT2D eigenvalue weighted by Gasteiger charge is -2.12. The van der Waals surface area contributed by atoms with E-state index in [4.69, 9.17) is 25.5 Å². The Bertz CT molecular complexity index is 1650. The van der Waals surface area contributed by atoms with Crippen molar-refractivity contribution in [1.82, 2.24) is 15.0 Å². The summed E-state index contributed by atoms with van der Waals surface area (Å²) in [6.07, 6.45) is 0.854. The van der Waals surface area contributed by atoms with Gasteiger partial charge in [-0.25, -0.2) is 4.40 Å². The van der Waals surface area contributed by atoms with E-state index in [2.05, 4.69) is 55.2 Å². The van der Waals surface area contributed by atoms with Gasteiger partial charge in [-0.15, -0.1) is 0 Å². The smallest absolute Gasteiger partial charge is 0.233 e. The second-order valence-corrected chi connectivity index (χ2v) is 11.0. The van der Waals surface area contributed by atoms with Crippen molar-refractivity contribution in [1.29, 1.82) is 0 Å². The molecule has 0 saturated heterocycles. The van der Waals surface area contributed by atoms with E-state index < -0.39 is 0 Å². The van der Waals surface area contributed by atoms with E-state index in [0.29, 0.717) is 17.8 Å². The van der Waals surface area contributed by atoms with E-state index >= 15 is 0 Å². The molecule has 2 heterocycles. The Morgan fingerprint density at radius 2 is 1.07 bits per heavy atom. The van der Waals surface area contributed by atoms with Gasteiger partial charge in [0, 0.05) is 28.5 Å². The number of hydrogen-bond acceptors (Lipinski definition) is 10. The largest absolute Gasteiger partial charge is 0.497 e.